The van der Waals surface area contributed by atoms with Gasteiger partial charge in [0.15, 0.2) is 0 Å². The van der Waals surface area contributed by atoms with Crippen LogP contribution in [0.2, 0.25) is 0 Å². The minimum atomic E-state index is -3.32. The standard InChI is InChI=1S/C11H16N2O2S/c1-3-9(2)13-16(14,15)8-10-4-6-11(12)7-5-10/h3-7,9,13H,1,8,12H2,2H3. The first-order chi connectivity index (χ1) is 7.43. The van der Waals surface area contributed by atoms with Crippen LogP contribution in [0.25, 0.3) is 0 Å². The van der Waals surface area contributed by atoms with Gasteiger partial charge in [-0.3, -0.25) is 0 Å². The lowest BCUT2D eigenvalue weighted by atomic mass is 10.2. The van der Waals surface area contributed by atoms with Gasteiger partial charge in [-0.05, 0) is 24.6 Å². The van der Waals surface area contributed by atoms with Crippen LogP contribution in [0.5, 0.6) is 0 Å². The van der Waals surface area contributed by atoms with Crippen LogP contribution in [0.1, 0.15) is 12.5 Å². The Morgan fingerprint density at radius 2 is 2.00 bits per heavy atom. The van der Waals surface area contributed by atoms with E-state index in [9.17, 15) is 8.42 Å². The van der Waals surface area contributed by atoms with Crippen LogP contribution in [-0.2, 0) is 15.8 Å². The normalized spacial score (nSPS) is 13.3. The smallest absolute Gasteiger partial charge is 0.216 e. The van der Waals surface area contributed by atoms with Crippen molar-refractivity contribution < 1.29 is 8.42 Å². The second-order valence-corrected chi connectivity index (χ2v) is 5.40. The van der Waals surface area contributed by atoms with E-state index < -0.39 is 10.0 Å². The molecule has 1 aromatic rings. The van der Waals surface area contributed by atoms with E-state index in [0.29, 0.717) is 11.3 Å². The van der Waals surface area contributed by atoms with E-state index in [1.54, 1.807) is 37.3 Å². The van der Waals surface area contributed by atoms with Gasteiger partial charge in [-0.15, -0.1) is 6.58 Å². The number of benzene rings is 1. The molecule has 3 N–H and O–H groups in total. The third-order valence-corrected chi connectivity index (χ3v) is 3.50. The van der Waals surface area contributed by atoms with Crippen LogP contribution in [0.15, 0.2) is 36.9 Å². The summed E-state index contributed by atoms with van der Waals surface area (Å²) in [7, 11) is -3.32. The van der Waals surface area contributed by atoms with Crippen LogP contribution >= 0.6 is 0 Å². The first kappa shape index (κ1) is 12.7. The molecule has 0 saturated carbocycles. The van der Waals surface area contributed by atoms with Crippen molar-refractivity contribution in [1.29, 1.82) is 0 Å². The average Bonchev–Trinajstić information content (AvgIpc) is 2.20. The molecule has 1 atom stereocenters. The van der Waals surface area contributed by atoms with Gasteiger partial charge in [0.1, 0.15) is 0 Å². The van der Waals surface area contributed by atoms with E-state index in [-0.39, 0.29) is 11.8 Å². The minimum Gasteiger partial charge on any atom is -0.399 e. The van der Waals surface area contributed by atoms with Gasteiger partial charge in [-0.2, -0.15) is 0 Å². The van der Waals surface area contributed by atoms with Crippen LogP contribution < -0.4 is 10.5 Å². The molecule has 1 unspecified atom stereocenters. The Morgan fingerprint density at radius 1 is 1.44 bits per heavy atom. The molecule has 0 amide bonds. The van der Waals surface area contributed by atoms with Gasteiger partial charge in [0, 0.05) is 11.7 Å². The summed E-state index contributed by atoms with van der Waals surface area (Å²) in [5.74, 6) is -0.0501. The maximum Gasteiger partial charge on any atom is 0.216 e. The van der Waals surface area contributed by atoms with Gasteiger partial charge in [0.25, 0.3) is 0 Å². The Bertz CT molecular complexity index is 451. The van der Waals surface area contributed by atoms with Gasteiger partial charge >= 0.3 is 0 Å². The number of nitrogens with one attached hydrogen (secondary N) is 1. The molecule has 1 aromatic carbocycles. The summed E-state index contributed by atoms with van der Waals surface area (Å²) >= 11 is 0. The highest BCUT2D eigenvalue weighted by molar-refractivity contribution is 7.88. The lowest BCUT2D eigenvalue weighted by Gasteiger charge is -2.10. The summed E-state index contributed by atoms with van der Waals surface area (Å²) in [6.45, 7) is 5.25. The number of hydrogen-bond acceptors (Lipinski definition) is 3. The van der Waals surface area contributed by atoms with Crippen molar-refractivity contribution >= 4 is 15.7 Å². The van der Waals surface area contributed by atoms with E-state index in [2.05, 4.69) is 11.3 Å². The highest BCUT2D eigenvalue weighted by atomic mass is 32.2. The number of hydrogen-bond donors (Lipinski definition) is 2. The molecular weight excluding hydrogens is 224 g/mol. The number of anilines is 1. The largest absolute Gasteiger partial charge is 0.399 e. The lowest BCUT2D eigenvalue weighted by Crippen LogP contribution is -2.31. The SMILES string of the molecule is C=CC(C)NS(=O)(=O)Cc1ccc(N)cc1. The van der Waals surface area contributed by atoms with Crippen molar-refractivity contribution in [3.63, 3.8) is 0 Å². The fourth-order valence-electron chi connectivity index (χ4n) is 1.21. The zero-order valence-corrected chi connectivity index (χ0v) is 10.00. The molecular formula is C11H16N2O2S. The van der Waals surface area contributed by atoms with E-state index in [1.807, 2.05) is 0 Å². The molecule has 0 spiro atoms. The number of nitrogens with two attached hydrogens (primary N) is 1. The molecule has 0 aromatic heterocycles. The summed E-state index contributed by atoms with van der Waals surface area (Å²) in [6, 6.07) is 6.50. The van der Waals surface area contributed by atoms with E-state index >= 15 is 0 Å². The Kier molecular flexibility index (Phi) is 4.09. The Morgan fingerprint density at radius 3 is 2.50 bits per heavy atom. The van der Waals surface area contributed by atoms with Crippen LogP contribution in [0.4, 0.5) is 5.69 Å². The highest BCUT2D eigenvalue weighted by Crippen LogP contribution is 2.09. The molecule has 0 bridgehead atoms. The van der Waals surface area contributed by atoms with Crippen molar-refractivity contribution in [3.05, 3.63) is 42.5 Å². The topological polar surface area (TPSA) is 72.2 Å². The molecule has 0 fully saturated rings. The maximum atomic E-state index is 11.7. The Hall–Kier alpha value is -1.33. The molecule has 16 heavy (non-hydrogen) atoms. The molecule has 1 rings (SSSR count). The summed E-state index contributed by atoms with van der Waals surface area (Å²) in [5, 5.41) is 0. The second-order valence-electron chi connectivity index (χ2n) is 3.64. The number of sulfonamides is 1. The van der Waals surface area contributed by atoms with Crippen LogP contribution in [0, 0.1) is 0 Å². The highest BCUT2D eigenvalue weighted by Gasteiger charge is 2.13. The van der Waals surface area contributed by atoms with Crippen LogP contribution in [0.3, 0.4) is 0 Å². The molecule has 88 valence electrons. The average molecular weight is 240 g/mol. The van der Waals surface area contributed by atoms with Crippen molar-refractivity contribution in [2.45, 2.75) is 18.7 Å². The first-order valence-electron chi connectivity index (χ1n) is 4.90. The van der Waals surface area contributed by atoms with Crippen molar-refractivity contribution in [1.82, 2.24) is 4.72 Å². The third kappa shape index (κ3) is 4.04. The molecule has 0 radical (unpaired) electrons. The second kappa shape index (κ2) is 5.14. The van der Waals surface area contributed by atoms with Crippen molar-refractivity contribution in [2.24, 2.45) is 0 Å². The molecule has 0 aliphatic carbocycles. The van der Waals surface area contributed by atoms with Crippen LogP contribution in [-0.4, -0.2) is 14.5 Å². The van der Waals surface area contributed by atoms with Gasteiger partial charge in [-0.25, -0.2) is 13.1 Å². The molecule has 0 aliphatic heterocycles. The quantitative estimate of drug-likeness (QED) is 0.601. The fraction of sp³-hybridized carbons (Fsp3) is 0.273. The number of nitrogen functional groups attached to an aromatic ring is 1. The van der Waals surface area contributed by atoms with E-state index in [1.165, 1.54) is 0 Å². The zero-order chi connectivity index (χ0) is 12.2. The lowest BCUT2D eigenvalue weighted by molar-refractivity contribution is 0.575. The Labute approximate surface area is 96.2 Å². The first-order valence-corrected chi connectivity index (χ1v) is 6.55. The van der Waals surface area contributed by atoms with E-state index in [0.717, 1.165) is 0 Å². The summed E-state index contributed by atoms with van der Waals surface area (Å²) in [6.07, 6.45) is 1.54. The summed E-state index contributed by atoms with van der Waals surface area (Å²) in [4.78, 5) is 0. The molecule has 5 heteroatoms. The van der Waals surface area contributed by atoms with Gasteiger partial charge in [-0.1, -0.05) is 18.2 Å². The predicted molar refractivity (Wildman–Crippen MR) is 66.3 cm³/mol. The third-order valence-electron chi connectivity index (χ3n) is 2.06. The molecule has 4 nitrogen and oxygen atoms in total. The van der Waals surface area contributed by atoms with Crippen molar-refractivity contribution in [2.75, 3.05) is 5.73 Å². The molecule has 0 aliphatic rings. The molecule has 0 saturated heterocycles. The van der Waals surface area contributed by atoms with E-state index in [4.69, 9.17) is 5.73 Å². The number of rotatable bonds is 5. The minimum absolute atomic E-state index is 0.0501. The zero-order valence-electron chi connectivity index (χ0n) is 9.18. The summed E-state index contributed by atoms with van der Waals surface area (Å²) in [5.41, 5.74) is 6.84. The van der Waals surface area contributed by atoms with Gasteiger partial charge in [0.05, 0.1) is 5.75 Å². The fourth-order valence-corrected chi connectivity index (χ4v) is 2.58. The monoisotopic (exact) mass is 240 g/mol. The predicted octanol–water partition coefficient (Wildman–Crippen LogP) is 1.26. The Balaban J connectivity index is 2.73. The summed E-state index contributed by atoms with van der Waals surface area (Å²) < 4.78 is 25.8. The van der Waals surface area contributed by atoms with Gasteiger partial charge in [0.2, 0.25) is 10.0 Å². The maximum absolute atomic E-state index is 11.7. The van der Waals surface area contributed by atoms with Crippen molar-refractivity contribution in [3.8, 4) is 0 Å². The van der Waals surface area contributed by atoms with Gasteiger partial charge < -0.3 is 5.73 Å². The molecule has 0 heterocycles.